The van der Waals surface area contributed by atoms with Crippen LogP contribution >= 0.6 is 23.2 Å². The number of benzene rings is 1. The number of hydrogen-bond donors (Lipinski definition) is 2. The maximum Gasteiger partial charge on any atom is 0.339 e. The Morgan fingerprint density at radius 1 is 1.15 bits per heavy atom. The molecule has 0 unspecified atom stereocenters. The van der Waals surface area contributed by atoms with Gasteiger partial charge in [0.2, 0.25) is 0 Å². The third-order valence-corrected chi connectivity index (χ3v) is 2.65. The van der Waals surface area contributed by atoms with Gasteiger partial charge in [0.1, 0.15) is 0 Å². The van der Waals surface area contributed by atoms with Gasteiger partial charge in [-0.25, -0.2) is 9.59 Å². The van der Waals surface area contributed by atoms with E-state index in [1.807, 2.05) is 5.32 Å². The zero-order chi connectivity index (χ0) is 15.3. The average molecular weight is 319 g/mol. The third-order valence-electron chi connectivity index (χ3n) is 2.22. The Morgan fingerprint density at radius 2 is 1.70 bits per heavy atom. The number of hydrogen-bond acceptors (Lipinski definition) is 4. The van der Waals surface area contributed by atoms with Crippen LogP contribution in [0.2, 0.25) is 10.0 Å². The summed E-state index contributed by atoms with van der Waals surface area (Å²) in [6.07, 6.45) is -1.14. The molecule has 0 spiro atoms. The zero-order valence-electron chi connectivity index (χ0n) is 10.7. The van der Waals surface area contributed by atoms with E-state index in [1.165, 1.54) is 32.2 Å². The summed E-state index contributed by atoms with van der Waals surface area (Å²) in [6, 6.07) is 3.49. The van der Waals surface area contributed by atoms with Crippen LogP contribution in [0.25, 0.3) is 0 Å². The van der Waals surface area contributed by atoms with Crippen molar-refractivity contribution in [2.45, 2.75) is 13.0 Å². The monoisotopic (exact) mass is 318 g/mol. The van der Waals surface area contributed by atoms with E-state index in [0.29, 0.717) is 0 Å². The van der Waals surface area contributed by atoms with Crippen molar-refractivity contribution in [3.63, 3.8) is 0 Å². The number of carbonyl (C=O) groups excluding carboxylic acids is 3. The Balaban J connectivity index is 2.70. The van der Waals surface area contributed by atoms with E-state index >= 15 is 0 Å². The topological polar surface area (TPSA) is 84.5 Å². The molecule has 1 atom stereocenters. The number of halogens is 2. The molecule has 0 saturated carbocycles. The normalized spacial score (nSPS) is 11.4. The summed E-state index contributed by atoms with van der Waals surface area (Å²) >= 11 is 11.5. The molecule has 0 saturated heterocycles. The maximum atomic E-state index is 11.8. The lowest BCUT2D eigenvalue weighted by Gasteiger charge is -2.12. The van der Waals surface area contributed by atoms with Crippen molar-refractivity contribution in [1.82, 2.24) is 10.6 Å². The first-order chi connectivity index (χ1) is 9.33. The highest BCUT2D eigenvalue weighted by Gasteiger charge is 2.20. The highest BCUT2D eigenvalue weighted by Crippen LogP contribution is 2.19. The second kappa shape index (κ2) is 7.12. The van der Waals surface area contributed by atoms with Gasteiger partial charge in [-0.1, -0.05) is 23.2 Å². The van der Waals surface area contributed by atoms with Gasteiger partial charge < -0.3 is 10.1 Å². The van der Waals surface area contributed by atoms with Crippen molar-refractivity contribution < 1.29 is 19.1 Å². The number of nitrogens with one attached hydrogen (secondary N) is 2. The van der Waals surface area contributed by atoms with Crippen LogP contribution in [0.1, 0.15) is 17.3 Å². The second-order valence-electron chi connectivity index (χ2n) is 3.77. The van der Waals surface area contributed by atoms with Gasteiger partial charge >= 0.3 is 12.0 Å². The molecule has 0 aliphatic rings. The van der Waals surface area contributed by atoms with Gasteiger partial charge in [-0.2, -0.15) is 0 Å². The van der Waals surface area contributed by atoms with Crippen molar-refractivity contribution in [2.24, 2.45) is 0 Å². The van der Waals surface area contributed by atoms with Crippen LogP contribution in [0.3, 0.4) is 0 Å². The van der Waals surface area contributed by atoms with Gasteiger partial charge in [0, 0.05) is 17.1 Å². The van der Waals surface area contributed by atoms with E-state index < -0.39 is 24.0 Å². The Kier molecular flexibility index (Phi) is 5.79. The molecule has 1 rings (SSSR count). The second-order valence-corrected chi connectivity index (χ2v) is 4.65. The molecule has 1 aromatic rings. The zero-order valence-corrected chi connectivity index (χ0v) is 12.2. The number of imide groups is 1. The first kappa shape index (κ1) is 16.3. The molecule has 0 bridgehead atoms. The quantitative estimate of drug-likeness (QED) is 0.835. The smallest absolute Gasteiger partial charge is 0.339 e. The summed E-state index contributed by atoms with van der Waals surface area (Å²) in [4.78, 5) is 34.3. The van der Waals surface area contributed by atoms with Crippen LogP contribution < -0.4 is 10.6 Å². The average Bonchev–Trinajstić information content (AvgIpc) is 2.37. The molecule has 20 heavy (non-hydrogen) atoms. The summed E-state index contributed by atoms with van der Waals surface area (Å²) in [7, 11) is 1.35. The standard InChI is InChI=1S/C12H12Cl2N2O4/c1-6(10(17)16-12(19)15-2)20-11(18)7-3-8(13)5-9(14)4-7/h3-6H,1-2H3,(H2,15,16,17,19)/t6-/m1/s1. The van der Waals surface area contributed by atoms with E-state index in [1.54, 1.807) is 0 Å². The highest BCUT2D eigenvalue weighted by atomic mass is 35.5. The van der Waals surface area contributed by atoms with Crippen LogP contribution in [0.15, 0.2) is 18.2 Å². The fourth-order valence-electron chi connectivity index (χ4n) is 1.23. The highest BCUT2D eigenvalue weighted by molar-refractivity contribution is 6.35. The van der Waals surface area contributed by atoms with E-state index in [0.717, 1.165) is 0 Å². The van der Waals surface area contributed by atoms with Crippen molar-refractivity contribution in [2.75, 3.05) is 7.05 Å². The van der Waals surface area contributed by atoms with Crippen LogP contribution in [0, 0.1) is 0 Å². The minimum absolute atomic E-state index is 0.113. The van der Waals surface area contributed by atoms with Crippen molar-refractivity contribution in [3.8, 4) is 0 Å². The number of rotatable bonds is 3. The summed E-state index contributed by atoms with van der Waals surface area (Å²) in [5, 5.41) is 4.74. The number of urea groups is 1. The lowest BCUT2D eigenvalue weighted by Crippen LogP contribution is -2.43. The predicted octanol–water partition coefficient (Wildman–Crippen LogP) is 1.99. The van der Waals surface area contributed by atoms with Crippen LogP contribution in [0.4, 0.5) is 4.79 Å². The van der Waals surface area contributed by atoms with Gasteiger partial charge in [0.05, 0.1) is 5.56 Å². The molecule has 0 aliphatic heterocycles. The first-order valence-electron chi connectivity index (χ1n) is 5.53. The van der Waals surface area contributed by atoms with Crippen molar-refractivity contribution in [1.29, 1.82) is 0 Å². The Hall–Kier alpha value is -1.79. The van der Waals surface area contributed by atoms with Crippen LogP contribution in [0.5, 0.6) is 0 Å². The Labute approximate surface area is 125 Å². The van der Waals surface area contributed by atoms with E-state index in [-0.39, 0.29) is 15.6 Å². The largest absolute Gasteiger partial charge is 0.449 e. The minimum Gasteiger partial charge on any atom is -0.449 e. The lowest BCUT2D eigenvalue weighted by molar-refractivity contribution is -0.127. The van der Waals surface area contributed by atoms with Crippen molar-refractivity contribution >= 4 is 41.1 Å². The minimum atomic E-state index is -1.14. The first-order valence-corrected chi connectivity index (χ1v) is 6.28. The van der Waals surface area contributed by atoms with Gasteiger partial charge in [-0.05, 0) is 25.1 Å². The van der Waals surface area contributed by atoms with Gasteiger partial charge in [-0.3, -0.25) is 10.1 Å². The number of amides is 3. The number of esters is 1. The SMILES string of the molecule is CNC(=O)NC(=O)[C@@H](C)OC(=O)c1cc(Cl)cc(Cl)c1. The Bertz CT molecular complexity index is 528. The maximum absolute atomic E-state index is 11.8. The molecule has 1 aromatic carbocycles. The molecule has 108 valence electrons. The van der Waals surface area contributed by atoms with Crippen LogP contribution in [-0.4, -0.2) is 31.1 Å². The van der Waals surface area contributed by atoms with Gasteiger partial charge in [0.25, 0.3) is 5.91 Å². The number of carbonyl (C=O) groups is 3. The summed E-state index contributed by atoms with van der Waals surface area (Å²) in [5.41, 5.74) is 0.113. The molecule has 0 fully saturated rings. The summed E-state index contributed by atoms with van der Waals surface area (Å²) in [6.45, 7) is 1.34. The molecule has 0 aromatic heterocycles. The van der Waals surface area contributed by atoms with Gasteiger partial charge in [0.15, 0.2) is 6.10 Å². The summed E-state index contributed by atoms with van der Waals surface area (Å²) in [5.74, 6) is -1.51. The fraction of sp³-hybridized carbons (Fsp3) is 0.250. The van der Waals surface area contributed by atoms with E-state index in [9.17, 15) is 14.4 Å². The summed E-state index contributed by atoms with van der Waals surface area (Å²) < 4.78 is 4.91. The fourth-order valence-corrected chi connectivity index (χ4v) is 1.76. The molecule has 3 amide bonds. The van der Waals surface area contributed by atoms with E-state index in [2.05, 4.69) is 5.32 Å². The molecular formula is C12H12Cl2N2O4. The third kappa shape index (κ3) is 4.71. The Morgan fingerprint density at radius 3 is 2.20 bits per heavy atom. The molecule has 8 heteroatoms. The molecule has 6 nitrogen and oxygen atoms in total. The molecule has 0 radical (unpaired) electrons. The molecule has 0 heterocycles. The van der Waals surface area contributed by atoms with Gasteiger partial charge in [-0.15, -0.1) is 0 Å². The molecule has 2 N–H and O–H groups in total. The number of ether oxygens (including phenoxy) is 1. The van der Waals surface area contributed by atoms with E-state index in [4.69, 9.17) is 27.9 Å². The van der Waals surface area contributed by atoms with Crippen LogP contribution in [-0.2, 0) is 9.53 Å². The lowest BCUT2D eigenvalue weighted by atomic mass is 10.2. The predicted molar refractivity (Wildman–Crippen MR) is 73.9 cm³/mol. The van der Waals surface area contributed by atoms with Crippen molar-refractivity contribution in [3.05, 3.63) is 33.8 Å². The molecular weight excluding hydrogens is 307 g/mol. The molecule has 0 aliphatic carbocycles.